The summed E-state index contributed by atoms with van der Waals surface area (Å²) in [6.45, 7) is 15.2. The van der Waals surface area contributed by atoms with Gasteiger partial charge >= 0.3 is 13.4 Å². The second-order valence-electron chi connectivity index (χ2n) is 34.0. The predicted octanol–water partition coefficient (Wildman–Crippen LogP) is 2.97. The standard InChI is InChI=1S/3C21H18BN.2C18H17BN4/c1-13-5-3-7-15-9-17-11-23-12-18-10-16-8-4-6-14(2)20(16)22(19(13)15)21(17)18;2*1-13-5-3-6-15-9-16-7-4-8-17-10-18-12-23-11-14(2)20(18)22(19(13)15)21(16)17;1-22-6-3-4-12-8-13-10-20-11-14-9-15-18(23(2)7-5-21-15)19(16(13)14)17(12)22;1-22-5-3-4-12-6-13-8-20-9-14-7-15-10-21-11-23(2)18(15)19(16(13)14)17(12)22/h3*3-8,11-12H,9-10H2,1-2H3;3-7,10-11H,8-9H2,1-2H3;3-5,8-11H,6-7H2,1-2H3/q;;;2*+2. The predicted molar refractivity (Wildman–Crippen MR) is 466 cm³/mol. The van der Waals surface area contributed by atoms with Crippen molar-refractivity contribution in [3.8, 4) is 0 Å². The van der Waals surface area contributed by atoms with Gasteiger partial charge < -0.3 is 0 Å². The monoisotopic (exact) mass is 1490 g/mol. The molecule has 0 saturated carbocycles. The molecular formula is C99H88B5N11+4. The lowest BCUT2D eigenvalue weighted by atomic mass is 9.29. The zero-order valence-corrected chi connectivity index (χ0v) is 67.3. The van der Waals surface area contributed by atoms with Gasteiger partial charge in [-0.15, -0.1) is 0 Å². The second kappa shape index (κ2) is 27.9. The lowest BCUT2D eigenvalue weighted by Gasteiger charge is -2.35. The number of aryl methyl sites for hydroxylation is 10. The molecule has 25 rings (SSSR count). The highest BCUT2D eigenvalue weighted by Crippen LogP contribution is 2.29. The molecule has 0 amide bonds. The number of hydrogen-bond donors (Lipinski definition) is 0. The minimum atomic E-state index is 0.250. The van der Waals surface area contributed by atoms with E-state index in [0.717, 1.165) is 64.2 Å². The van der Waals surface area contributed by atoms with Gasteiger partial charge in [0.1, 0.15) is 33.0 Å². The van der Waals surface area contributed by atoms with Crippen LogP contribution in [0.15, 0.2) is 233 Å². The maximum absolute atomic E-state index is 4.68. The van der Waals surface area contributed by atoms with Gasteiger partial charge in [-0.25, -0.2) is 23.3 Å². The van der Waals surface area contributed by atoms with Gasteiger partial charge in [0.25, 0.3) is 6.33 Å². The Morgan fingerprint density at radius 1 is 0.217 bits per heavy atom. The fourth-order valence-corrected chi connectivity index (χ4v) is 22.7. The number of fused-ring (bicyclic) bond motifs is 20. The smallest absolute Gasteiger partial charge is 0.264 e. The number of nitrogens with zero attached hydrogens (tertiary/aromatic N) is 11. The van der Waals surface area contributed by atoms with Crippen LogP contribution in [0, 0.1) is 41.5 Å². The average molecular weight is 1490 g/mol. The SMILES string of the molecule is C[n+]1cccc2c1B1c3c(cncc3Cc3cnc[n+](C)c31)C2.C[n+]1cccc2c1B1c3c(cncc3Cc3ncc[n+](C)c31)C2.Cc1cccc2c1B1c3c(C)cccc3Cc3cncc(c31)C2.Cc1cccc2c1B1c3c(C)cncc3Cc3cccc(c31)C2.Cc1cccc2c1B1c3c(C)cncc3Cc3cccc(c31)C2. The van der Waals surface area contributed by atoms with Crippen LogP contribution in [0.25, 0.3) is 0 Å². The van der Waals surface area contributed by atoms with Crippen LogP contribution >= 0.6 is 0 Å². The van der Waals surface area contributed by atoms with Crippen molar-refractivity contribution in [1.29, 1.82) is 0 Å². The topological polar surface area (TPSA) is 106 Å². The van der Waals surface area contributed by atoms with Gasteiger partial charge in [0, 0.05) is 116 Å². The molecule has 0 unspecified atom stereocenters. The van der Waals surface area contributed by atoms with Crippen molar-refractivity contribution in [3.63, 3.8) is 0 Å². The zero-order valence-electron chi connectivity index (χ0n) is 67.3. The van der Waals surface area contributed by atoms with Crippen LogP contribution in [0.1, 0.15) is 145 Å². The fourth-order valence-electron chi connectivity index (χ4n) is 22.7. The van der Waals surface area contributed by atoms with Crippen LogP contribution in [0.4, 0.5) is 0 Å². The largest absolute Gasteiger partial charge is 0.409 e. The Kier molecular flexibility index (Phi) is 17.1. The first kappa shape index (κ1) is 70.7. The van der Waals surface area contributed by atoms with Gasteiger partial charge in [0.05, 0.1) is 18.8 Å². The van der Waals surface area contributed by atoms with E-state index in [2.05, 4.69) is 300 Å². The molecule has 19 heterocycles. The van der Waals surface area contributed by atoms with Crippen molar-refractivity contribution in [3.05, 3.63) is 378 Å². The molecule has 0 aliphatic carbocycles. The highest BCUT2D eigenvalue weighted by Gasteiger charge is 2.51. The summed E-state index contributed by atoms with van der Waals surface area (Å²) in [5.74, 6) is 0. The molecule has 10 aliphatic heterocycles. The Bertz CT molecular complexity index is 5200. The lowest BCUT2D eigenvalue weighted by molar-refractivity contribution is -0.660. The first-order chi connectivity index (χ1) is 56.2. The third-order valence-electron chi connectivity index (χ3n) is 27.3. The van der Waals surface area contributed by atoms with E-state index in [1.54, 1.807) is 10.9 Å². The summed E-state index contributed by atoms with van der Waals surface area (Å²) in [4.78, 5) is 31.5. The van der Waals surface area contributed by atoms with Crippen LogP contribution in [0.2, 0.25) is 0 Å². The Hall–Kier alpha value is -12.1. The normalized spacial score (nSPS) is 14.1. The molecule has 550 valence electrons. The number of rotatable bonds is 0. The summed E-state index contributed by atoms with van der Waals surface area (Å²) in [6, 6.07) is 49.5. The Balaban J connectivity index is 0.0000000900. The summed E-state index contributed by atoms with van der Waals surface area (Å²) >= 11 is 0. The zero-order chi connectivity index (χ0) is 77.8. The van der Waals surface area contributed by atoms with Crippen molar-refractivity contribution in [2.45, 2.75) is 106 Å². The maximum atomic E-state index is 4.68. The van der Waals surface area contributed by atoms with Crippen molar-refractivity contribution in [2.24, 2.45) is 28.2 Å². The molecule has 0 N–H and O–H groups in total. The van der Waals surface area contributed by atoms with Gasteiger partial charge in [0.2, 0.25) is 20.1 Å². The van der Waals surface area contributed by atoms with Crippen molar-refractivity contribution in [2.75, 3.05) is 0 Å². The van der Waals surface area contributed by atoms with E-state index in [4.69, 9.17) is 0 Å². The van der Waals surface area contributed by atoms with Crippen LogP contribution in [-0.2, 0) is 92.4 Å². The number of hydrogen-bond acceptors (Lipinski definition) is 7. The molecule has 9 aromatic heterocycles. The number of pyridine rings is 7. The average Bonchev–Trinajstić information content (AvgIpc) is 0.747. The molecule has 0 atom stereocenters. The van der Waals surface area contributed by atoms with Crippen LogP contribution in [-0.4, -0.2) is 68.5 Å². The van der Waals surface area contributed by atoms with Crippen molar-refractivity contribution < 1.29 is 18.3 Å². The second-order valence-corrected chi connectivity index (χ2v) is 34.0. The Labute approximate surface area is 676 Å². The first-order valence-corrected chi connectivity index (χ1v) is 41.1. The Morgan fingerprint density at radius 2 is 0.478 bits per heavy atom. The molecule has 16 heteroatoms. The first-order valence-electron chi connectivity index (χ1n) is 41.1. The van der Waals surface area contributed by atoms with Crippen LogP contribution in [0.3, 0.4) is 0 Å². The van der Waals surface area contributed by atoms with Gasteiger partial charge in [0.15, 0.2) is 35.4 Å². The summed E-state index contributed by atoms with van der Waals surface area (Å²) in [5, 5.41) is 0. The van der Waals surface area contributed by atoms with E-state index in [-0.39, 0.29) is 13.4 Å². The molecule has 11 nitrogen and oxygen atoms in total. The molecule has 0 spiro atoms. The van der Waals surface area contributed by atoms with E-state index in [1.807, 2.05) is 55.9 Å². The van der Waals surface area contributed by atoms with E-state index < -0.39 is 0 Å². The van der Waals surface area contributed by atoms with Gasteiger partial charge in [-0.1, -0.05) is 186 Å². The summed E-state index contributed by atoms with van der Waals surface area (Å²) in [7, 11) is 8.54. The van der Waals surface area contributed by atoms with Gasteiger partial charge in [-0.2, -0.15) is 0 Å². The third kappa shape index (κ3) is 11.4. The molecule has 115 heavy (non-hydrogen) atoms. The fraction of sp³-hybridized carbons (Fsp3) is 0.202. The molecule has 0 fully saturated rings. The molecule has 0 radical (unpaired) electrons. The minimum absolute atomic E-state index is 0.250. The molecule has 0 saturated heterocycles. The van der Waals surface area contributed by atoms with Crippen LogP contribution < -0.4 is 101 Å². The van der Waals surface area contributed by atoms with Crippen LogP contribution in [0.5, 0.6) is 0 Å². The Morgan fingerprint density at radius 3 is 0.878 bits per heavy atom. The van der Waals surface area contributed by atoms with E-state index in [9.17, 15) is 0 Å². The van der Waals surface area contributed by atoms with Gasteiger partial charge in [-0.3, -0.25) is 24.9 Å². The molecular weight excluding hydrogens is 1400 g/mol. The number of benzene rings is 6. The lowest BCUT2D eigenvalue weighted by Crippen LogP contribution is -2.75. The summed E-state index contributed by atoms with van der Waals surface area (Å²) in [5.41, 5.74) is 58.7. The van der Waals surface area contributed by atoms with E-state index in [0.29, 0.717) is 20.1 Å². The third-order valence-corrected chi connectivity index (χ3v) is 27.3. The summed E-state index contributed by atoms with van der Waals surface area (Å²) < 4.78 is 8.98. The number of aromatic nitrogens is 11. The molecule has 15 aromatic rings. The minimum Gasteiger partial charge on any atom is -0.264 e. The highest BCUT2D eigenvalue weighted by atomic mass is 15.0. The summed E-state index contributed by atoms with van der Waals surface area (Å²) in [6.07, 6.45) is 42.7. The van der Waals surface area contributed by atoms with E-state index >= 15 is 0 Å². The molecule has 6 aromatic carbocycles. The van der Waals surface area contributed by atoms with Crippen molar-refractivity contribution in [1.82, 2.24) is 34.9 Å². The molecule has 10 aliphatic rings. The van der Waals surface area contributed by atoms with Crippen molar-refractivity contribution >= 4 is 116 Å². The maximum Gasteiger partial charge on any atom is 0.409 e. The highest BCUT2D eigenvalue weighted by molar-refractivity contribution is 6.99. The quantitative estimate of drug-likeness (QED) is 0.170. The van der Waals surface area contributed by atoms with E-state index in [1.165, 1.54) is 216 Å². The molecule has 0 bridgehead atoms. The van der Waals surface area contributed by atoms with Gasteiger partial charge in [-0.05, 0) is 203 Å².